The zero-order valence-corrected chi connectivity index (χ0v) is 19.6. The quantitative estimate of drug-likeness (QED) is 0.416. The van der Waals surface area contributed by atoms with E-state index >= 15 is 0 Å². The van der Waals surface area contributed by atoms with Crippen LogP contribution in [0, 0.1) is 23.2 Å². The van der Waals surface area contributed by atoms with Crippen molar-refractivity contribution in [2.75, 3.05) is 0 Å². The molecule has 2 fully saturated rings. The zero-order chi connectivity index (χ0) is 22.4. The molecule has 0 aliphatic heterocycles. The van der Waals surface area contributed by atoms with Crippen LogP contribution in [0.5, 0.6) is 0 Å². The van der Waals surface area contributed by atoms with Crippen LogP contribution in [0.15, 0.2) is 107 Å². The Balaban J connectivity index is 1.05. The summed E-state index contributed by atoms with van der Waals surface area (Å²) in [5.41, 5.74) is 7.98. The second-order valence-electron chi connectivity index (χ2n) is 11.1. The van der Waals surface area contributed by atoms with Gasteiger partial charge in [-0.1, -0.05) is 72.4 Å². The summed E-state index contributed by atoms with van der Waals surface area (Å²) in [5.74, 6) is 1.73. The molecule has 0 heterocycles. The number of hydrogen-bond donors (Lipinski definition) is 0. The fraction of sp³-hybridized carbons (Fsp3) is 0.406. The van der Waals surface area contributed by atoms with Crippen LogP contribution in [-0.2, 0) is 4.79 Å². The van der Waals surface area contributed by atoms with Crippen molar-refractivity contribution in [2.24, 2.45) is 23.2 Å². The lowest BCUT2D eigenvalue weighted by Crippen LogP contribution is -2.16. The first kappa shape index (κ1) is 20.9. The molecule has 1 nitrogen and oxygen atoms in total. The van der Waals surface area contributed by atoms with Gasteiger partial charge in [0.05, 0.1) is 0 Å². The van der Waals surface area contributed by atoms with Crippen LogP contribution in [0.1, 0.15) is 57.8 Å². The molecule has 1 spiro atoms. The van der Waals surface area contributed by atoms with Crippen molar-refractivity contribution in [1.82, 2.24) is 0 Å². The summed E-state index contributed by atoms with van der Waals surface area (Å²) in [4.78, 5) is 12.9. The Bertz CT molecular complexity index is 1120. The summed E-state index contributed by atoms with van der Waals surface area (Å²) in [6, 6.07) is 0. The van der Waals surface area contributed by atoms with Crippen LogP contribution in [0.25, 0.3) is 0 Å². The molecule has 0 bridgehead atoms. The summed E-state index contributed by atoms with van der Waals surface area (Å²) < 4.78 is 0. The molecule has 2 atom stereocenters. The average molecular weight is 435 g/mol. The maximum Gasteiger partial charge on any atom is 0.163 e. The lowest BCUT2D eigenvalue weighted by Gasteiger charge is -2.29. The van der Waals surface area contributed by atoms with Gasteiger partial charge in [0.25, 0.3) is 0 Å². The molecule has 0 radical (unpaired) electrons. The van der Waals surface area contributed by atoms with E-state index in [0.29, 0.717) is 12.3 Å². The molecule has 2 saturated carbocycles. The normalized spacial score (nSPS) is 29.1. The minimum absolute atomic E-state index is 0.219. The van der Waals surface area contributed by atoms with E-state index in [0.717, 1.165) is 28.9 Å². The molecular formula is C32H34O. The molecule has 168 valence electrons. The van der Waals surface area contributed by atoms with Crippen LogP contribution in [0.3, 0.4) is 0 Å². The van der Waals surface area contributed by atoms with Crippen LogP contribution in [0.4, 0.5) is 0 Å². The van der Waals surface area contributed by atoms with Crippen molar-refractivity contribution >= 4 is 5.78 Å². The van der Waals surface area contributed by atoms with Crippen molar-refractivity contribution < 1.29 is 4.79 Å². The monoisotopic (exact) mass is 434 g/mol. The first-order chi connectivity index (χ1) is 16.1. The Labute approximate surface area is 198 Å². The van der Waals surface area contributed by atoms with Gasteiger partial charge in [0.1, 0.15) is 0 Å². The van der Waals surface area contributed by atoms with Crippen LogP contribution in [0.2, 0.25) is 0 Å². The zero-order valence-electron chi connectivity index (χ0n) is 19.6. The minimum atomic E-state index is 0.219. The molecule has 0 aromatic heterocycles. The Morgan fingerprint density at radius 2 is 1.73 bits per heavy atom. The predicted molar refractivity (Wildman–Crippen MR) is 136 cm³/mol. The summed E-state index contributed by atoms with van der Waals surface area (Å²) in [6.07, 6.45) is 35.6. The molecule has 6 aliphatic carbocycles. The van der Waals surface area contributed by atoms with E-state index in [-0.39, 0.29) is 11.7 Å². The Hall–Kier alpha value is -2.67. The molecule has 1 heteroatoms. The van der Waals surface area contributed by atoms with Gasteiger partial charge in [-0.05, 0) is 91.6 Å². The topological polar surface area (TPSA) is 17.1 Å². The van der Waals surface area contributed by atoms with E-state index in [2.05, 4.69) is 61.3 Å². The first-order valence-corrected chi connectivity index (χ1v) is 12.9. The predicted octanol–water partition coefficient (Wildman–Crippen LogP) is 7.84. The fourth-order valence-corrected chi connectivity index (χ4v) is 6.38. The highest BCUT2D eigenvalue weighted by Crippen LogP contribution is 2.57. The van der Waals surface area contributed by atoms with Gasteiger partial charge in [0.2, 0.25) is 0 Å². The van der Waals surface area contributed by atoms with Gasteiger partial charge in [-0.3, -0.25) is 4.79 Å². The van der Waals surface area contributed by atoms with Crippen LogP contribution >= 0.6 is 0 Å². The van der Waals surface area contributed by atoms with Gasteiger partial charge in [-0.2, -0.15) is 0 Å². The highest BCUT2D eigenvalue weighted by Gasteiger charge is 2.44. The van der Waals surface area contributed by atoms with E-state index in [1.807, 2.05) is 12.2 Å². The summed E-state index contributed by atoms with van der Waals surface area (Å²) in [7, 11) is 0. The van der Waals surface area contributed by atoms with Crippen molar-refractivity contribution in [2.45, 2.75) is 57.8 Å². The lowest BCUT2D eigenvalue weighted by molar-refractivity contribution is -0.115. The average Bonchev–Trinajstić information content (AvgIpc) is 3.46. The standard InChI is InChI=1S/C32H34O/c1-22-16-29(21-27-4-2-3-5-30(22)27)31(33)9-7-25-18-26-8-6-24(19-28(26)20-25)17-23-10-12-32(13-11-23)14-15-32/h2-6,8,16,18-21,23,28,30H,1,7,9-15,17H2. The number of ketones is 1. The van der Waals surface area contributed by atoms with E-state index < -0.39 is 0 Å². The highest BCUT2D eigenvalue weighted by atomic mass is 16.1. The second kappa shape index (κ2) is 8.28. The van der Waals surface area contributed by atoms with Crippen LogP contribution in [-0.4, -0.2) is 5.78 Å². The minimum Gasteiger partial charge on any atom is -0.294 e. The van der Waals surface area contributed by atoms with Crippen LogP contribution < -0.4 is 0 Å². The van der Waals surface area contributed by atoms with Crippen molar-refractivity contribution in [3.05, 3.63) is 107 Å². The van der Waals surface area contributed by atoms with E-state index in [4.69, 9.17) is 0 Å². The Morgan fingerprint density at radius 1 is 0.909 bits per heavy atom. The molecule has 0 amide bonds. The highest BCUT2D eigenvalue weighted by molar-refractivity contribution is 5.99. The maximum atomic E-state index is 12.9. The van der Waals surface area contributed by atoms with Crippen molar-refractivity contribution in [3.8, 4) is 0 Å². The second-order valence-corrected chi connectivity index (χ2v) is 11.1. The van der Waals surface area contributed by atoms with Gasteiger partial charge >= 0.3 is 0 Å². The van der Waals surface area contributed by atoms with Crippen molar-refractivity contribution in [1.29, 1.82) is 0 Å². The van der Waals surface area contributed by atoms with Gasteiger partial charge in [0, 0.05) is 23.8 Å². The molecule has 0 saturated heterocycles. The first-order valence-electron chi connectivity index (χ1n) is 12.9. The number of rotatable bonds is 6. The SMILES string of the molecule is C=C1C=C(C(=O)CCC2=CC3C=C(CC4CCC5(CC4)CC5)C=CC3=C2)C=C2C=CC=CC12. The van der Waals surface area contributed by atoms with Gasteiger partial charge in [-0.15, -0.1) is 0 Å². The molecular weight excluding hydrogens is 400 g/mol. The van der Waals surface area contributed by atoms with E-state index in [1.54, 1.807) is 0 Å². The lowest BCUT2D eigenvalue weighted by atomic mass is 9.76. The van der Waals surface area contributed by atoms with Gasteiger partial charge in [-0.25, -0.2) is 0 Å². The molecule has 6 aliphatic rings. The molecule has 0 N–H and O–H groups in total. The number of hydrogen-bond acceptors (Lipinski definition) is 1. The molecule has 2 unspecified atom stereocenters. The van der Waals surface area contributed by atoms with Gasteiger partial charge in [0.15, 0.2) is 5.78 Å². The number of allylic oxidation sites excluding steroid dienone is 17. The smallest absolute Gasteiger partial charge is 0.163 e. The fourth-order valence-electron chi connectivity index (χ4n) is 6.38. The third-order valence-electron chi connectivity index (χ3n) is 8.75. The number of carbonyl (C=O) groups excluding carboxylic acids is 1. The summed E-state index contributed by atoms with van der Waals surface area (Å²) in [6.45, 7) is 4.19. The maximum absolute atomic E-state index is 12.9. The Kier molecular flexibility index (Phi) is 5.24. The Morgan fingerprint density at radius 3 is 2.55 bits per heavy atom. The van der Waals surface area contributed by atoms with Gasteiger partial charge < -0.3 is 0 Å². The summed E-state index contributed by atoms with van der Waals surface area (Å²) >= 11 is 0. The largest absolute Gasteiger partial charge is 0.294 e. The van der Waals surface area contributed by atoms with Crippen molar-refractivity contribution in [3.63, 3.8) is 0 Å². The molecule has 6 rings (SSSR count). The van der Waals surface area contributed by atoms with E-state index in [9.17, 15) is 4.79 Å². The number of Topliss-reactive ketones (excluding diaryl/α,β-unsaturated/α-hetero) is 1. The van der Waals surface area contributed by atoms with E-state index in [1.165, 1.54) is 67.2 Å². The number of carbonyl (C=O) groups is 1. The number of fused-ring (bicyclic) bond motifs is 2. The summed E-state index contributed by atoms with van der Waals surface area (Å²) in [5, 5.41) is 0. The molecule has 0 aromatic carbocycles. The third kappa shape index (κ3) is 4.31. The third-order valence-corrected chi connectivity index (χ3v) is 8.75. The molecule has 33 heavy (non-hydrogen) atoms. The molecule has 0 aromatic rings.